The number of piperidine rings is 1. The number of hydrogen-bond donors (Lipinski definition) is 1. The number of anilines is 2. The van der Waals surface area contributed by atoms with Crippen LogP contribution in [0.5, 0.6) is 0 Å². The molecule has 2 aromatic heterocycles. The highest BCUT2D eigenvalue weighted by molar-refractivity contribution is 5.32. The minimum atomic E-state index is 0.278. The van der Waals surface area contributed by atoms with Crippen molar-refractivity contribution in [3.63, 3.8) is 0 Å². The van der Waals surface area contributed by atoms with Crippen LogP contribution in [0.2, 0.25) is 0 Å². The number of likely N-dealkylation sites (tertiary alicyclic amines) is 1. The fraction of sp³-hybridized carbons (Fsp3) is 0.643. The Morgan fingerprint density at radius 3 is 2.65 bits per heavy atom. The van der Waals surface area contributed by atoms with E-state index in [2.05, 4.69) is 30.2 Å². The normalized spacial score (nSPS) is 16.6. The molecule has 3 heterocycles. The van der Waals surface area contributed by atoms with Gasteiger partial charge in [0.05, 0.1) is 12.7 Å². The van der Waals surface area contributed by atoms with Crippen LogP contribution in [0, 0.1) is 5.92 Å². The molecule has 3 rings (SSSR count). The van der Waals surface area contributed by atoms with Gasteiger partial charge in [0.2, 0.25) is 11.9 Å². The third-order valence-corrected chi connectivity index (χ3v) is 4.08. The molecule has 1 aliphatic heterocycles. The Bertz CT molecular complexity index is 617. The highest BCUT2D eigenvalue weighted by Gasteiger charge is 2.21. The Hall–Kier alpha value is -2.29. The lowest BCUT2D eigenvalue weighted by molar-refractivity contribution is 0.161. The van der Waals surface area contributed by atoms with Crippen molar-refractivity contribution >= 4 is 11.9 Å². The molecule has 2 N–H and O–H groups in total. The van der Waals surface area contributed by atoms with Crippen molar-refractivity contribution in [1.82, 2.24) is 34.8 Å². The lowest BCUT2D eigenvalue weighted by Crippen LogP contribution is -2.35. The smallest absolute Gasteiger partial charge is 0.229 e. The predicted molar refractivity (Wildman–Crippen MR) is 86.6 cm³/mol. The molecule has 9 heteroatoms. The molecule has 2 aromatic rings. The van der Waals surface area contributed by atoms with Crippen molar-refractivity contribution in [2.75, 3.05) is 37.8 Å². The maximum Gasteiger partial charge on any atom is 0.229 e. The molecule has 0 spiro atoms. The van der Waals surface area contributed by atoms with Crippen LogP contribution < -0.4 is 10.6 Å². The van der Waals surface area contributed by atoms with Gasteiger partial charge in [0, 0.05) is 26.8 Å². The van der Waals surface area contributed by atoms with E-state index in [1.165, 1.54) is 0 Å². The summed E-state index contributed by atoms with van der Waals surface area (Å²) in [5, 5.41) is 7.89. The van der Waals surface area contributed by atoms with E-state index in [4.69, 9.17) is 5.73 Å². The summed E-state index contributed by atoms with van der Waals surface area (Å²) in [7, 11) is 3.79. The molecule has 0 saturated carbocycles. The number of nitrogens with zero attached hydrogens (tertiary/aromatic N) is 8. The average Bonchev–Trinajstić information content (AvgIpc) is 3.01. The first kappa shape index (κ1) is 15.6. The number of nitrogens with two attached hydrogens (primary N) is 1. The zero-order chi connectivity index (χ0) is 16.2. The van der Waals surface area contributed by atoms with Gasteiger partial charge in [-0.25, -0.2) is 0 Å². The predicted octanol–water partition coefficient (Wildman–Crippen LogP) is 0.0235. The largest absolute Gasteiger partial charge is 0.368 e. The van der Waals surface area contributed by atoms with Crippen LogP contribution in [0.25, 0.3) is 0 Å². The first-order chi connectivity index (χ1) is 11.1. The Balaban J connectivity index is 1.54. The van der Waals surface area contributed by atoms with Crippen LogP contribution in [-0.2, 0) is 13.1 Å². The molecule has 23 heavy (non-hydrogen) atoms. The van der Waals surface area contributed by atoms with Gasteiger partial charge in [-0.1, -0.05) is 5.21 Å². The molecular formula is C14H23N9. The maximum absolute atomic E-state index is 5.78. The molecule has 1 fully saturated rings. The molecule has 124 valence electrons. The highest BCUT2D eigenvalue weighted by atomic mass is 15.4. The van der Waals surface area contributed by atoms with Crippen LogP contribution in [0.15, 0.2) is 12.4 Å². The number of aromatic nitrogens is 6. The third-order valence-electron chi connectivity index (χ3n) is 4.08. The van der Waals surface area contributed by atoms with Gasteiger partial charge in [-0.15, -0.1) is 5.10 Å². The minimum absolute atomic E-state index is 0.278. The number of hydrogen-bond acceptors (Lipinski definition) is 8. The summed E-state index contributed by atoms with van der Waals surface area (Å²) in [6.07, 6.45) is 5.92. The third kappa shape index (κ3) is 4.13. The van der Waals surface area contributed by atoms with Crippen LogP contribution >= 0.6 is 0 Å². The topological polar surface area (TPSA) is 102 Å². The second kappa shape index (κ2) is 6.86. The first-order valence-corrected chi connectivity index (χ1v) is 7.84. The quantitative estimate of drug-likeness (QED) is 0.823. The second-order valence-corrected chi connectivity index (χ2v) is 6.15. The van der Waals surface area contributed by atoms with Crippen molar-refractivity contribution < 1.29 is 0 Å². The van der Waals surface area contributed by atoms with E-state index in [0.29, 0.717) is 18.4 Å². The van der Waals surface area contributed by atoms with Crippen molar-refractivity contribution in [3.8, 4) is 0 Å². The summed E-state index contributed by atoms with van der Waals surface area (Å²) in [5.41, 5.74) is 5.78. The minimum Gasteiger partial charge on any atom is -0.368 e. The van der Waals surface area contributed by atoms with Crippen molar-refractivity contribution in [2.24, 2.45) is 5.92 Å². The molecule has 0 unspecified atom stereocenters. The van der Waals surface area contributed by atoms with Crippen LogP contribution in [0.3, 0.4) is 0 Å². The van der Waals surface area contributed by atoms with Gasteiger partial charge in [0.1, 0.15) is 5.82 Å². The molecule has 0 atom stereocenters. The Kier molecular flexibility index (Phi) is 4.65. The summed E-state index contributed by atoms with van der Waals surface area (Å²) < 4.78 is 1.91. The van der Waals surface area contributed by atoms with Gasteiger partial charge in [-0.05, 0) is 31.8 Å². The SMILES string of the molecule is CN(C)c1nc(N)nc(CN2CCC(Cn3ccnn3)CC2)n1. The zero-order valence-electron chi connectivity index (χ0n) is 13.6. The highest BCUT2D eigenvalue weighted by Crippen LogP contribution is 2.20. The Morgan fingerprint density at radius 1 is 1.22 bits per heavy atom. The molecule has 0 aliphatic carbocycles. The van der Waals surface area contributed by atoms with Gasteiger partial charge in [0.15, 0.2) is 0 Å². The van der Waals surface area contributed by atoms with E-state index < -0.39 is 0 Å². The summed E-state index contributed by atoms with van der Waals surface area (Å²) in [5.74, 6) is 2.26. The summed E-state index contributed by atoms with van der Waals surface area (Å²) in [6.45, 7) is 3.71. The number of nitrogen functional groups attached to an aromatic ring is 1. The fourth-order valence-electron chi connectivity index (χ4n) is 2.82. The van der Waals surface area contributed by atoms with E-state index in [1.807, 2.05) is 29.9 Å². The average molecular weight is 317 g/mol. The lowest BCUT2D eigenvalue weighted by atomic mass is 9.97. The van der Waals surface area contributed by atoms with Gasteiger partial charge in [0.25, 0.3) is 0 Å². The summed E-state index contributed by atoms with van der Waals surface area (Å²) in [4.78, 5) is 17.1. The molecule has 9 nitrogen and oxygen atoms in total. The maximum atomic E-state index is 5.78. The monoisotopic (exact) mass is 317 g/mol. The van der Waals surface area contributed by atoms with Crippen LogP contribution in [0.1, 0.15) is 18.7 Å². The van der Waals surface area contributed by atoms with Crippen LogP contribution in [-0.4, -0.2) is 62.0 Å². The molecular weight excluding hydrogens is 294 g/mol. The molecule has 0 amide bonds. The van der Waals surface area contributed by atoms with Crippen molar-refractivity contribution in [1.29, 1.82) is 0 Å². The molecule has 0 bridgehead atoms. The zero-order valence-corrected chi connectivity index (χ0v) is 13.6. The first-order valence-electron chi connectivity index (χ1n) is 7.84. The summed E-state index contributed by atoms with van der Waals surface area (Å²) >= 11 is 0. The molecule has 1 aliphatic rings. The molecule has 1 saturated heterocycles. The lowest BCUT2D eigenvalue weighted by Gasteiger charge is -2.31. The van der Waals surface area contributed by atoms with Crippen LogP contribution in [0.4, 0.5) is 11.9 Å². The fourth-order valence-corrected chi connectivity index (χ4v) is 2.82. The standard InChI is InChI=1S/C14H23N9/c1-21(2)14-18-12(17-13(15)19-14)10-22-6-3-11(4-7-22)9-23-8-5-16-20-23/h5,8,11H,3-4,6-7,9-10H2,1-2H3,(H2,15,17,18,19). The Labute approximate surface area is 135 Å². The Morgan fingerprint density at radius 2 is 2.00 bits per heavy atom. The van der Waals surface area contributed by atoms with E-state index in [9.17, 15) is 0 Å². The molecule has 0 radical (unpaired) electrons. The summed E-state index contributed by atoms with van der Waals surface area (Å²) in [6, 6.07) is 0. The molecule has 0 aromatic carbocycles. The van der Waals surface area contributed by atoms with Gasteiger partial charge < -0.3 is 10.6 Å². The van der Waals surface area contributed by atoms with Gasteiger partial charge in [-0.3, -0.25) is 9.58 Å². The van der Waals surface area contributed by atoms with Crippen molar-refractivity contribution in [3.05, 3.63) is 18.2 Å². The van der Waals surface area contributed by atoms with E-state index in [1.54, 1.807) is 6.20 Å². The number of rotatable bonds is 5. The van der Waals surface area contributed by atoms with E-state index in [0.717, 1.165) is 38.3 Å². The van der Waals surface area contributed by atoms with E-state index in [-0.39, 0.29) is 5.95 Å². The van der Waals surface area contributed by atoms with Gasteiger partial charge in [-0.2, -0.15) is 15.0 Å². The van der Waals surface area contributed by atoms with Crippen molar-refractivity contribution in [2.45, 2.75) is 25.9 Å². The second-order valence-electron chi connectivity index (χ2n) is 6.15. The van der Waals surface area contributed by atoms with E-state index >= 15 is 0 Å². The van der Waals surface area contributed by atoms with Gasteiger partial charge >= 0.3 is 0 Å².